The van der Waals surface area contributed by atoms with Gasteiger partial charge < -0.3 is 9.47 Å². The molecule has 0 heterocycles. The highest BCUT2D eigenvalue weighted by Gasteiger charge is 2.13. The number of methoxy groups -OCH3 is 2. The van der Waals surface area contributed by atoms with Crippen LogP contribution in [0.1, 0.15) is 32.1 Å². The highest BCUT2D eigenvalue weighted by Crippen LogP contribution is 2.27. The zero-order valence-electron chi connectivity index (χ0n) is 10.3. The van der Waals surface area contributed by atoms with E-state index in [1.54, 1.807) is 0 Å². The molecule has 1 aliphatic rings. The summed E-state index contributed by atoms with van der Waals surface area (Å²) in [4.78, 5) is 22.5. The molecule has 0 aromatic rings. The quantitative estimate of drug-likeness (QED) is 0.420. The average molecular weight is 238 g/mol. The molecule has 0 aromatic heterocycles. The number of allylic oxidation sites excluding steroid dienone is 2. The van der Waals surface area contributed by atoms with Gasteiger partial charge in [0.15, 0.2) is 0 Å². The van der Waals surface area contributed by atoms with Crippen LogP contribution in [0, 0.1) is 0 Å². The van der Waals surface area contributed by atoms with E-state index in [4.69, 9.17) is 0 Å². The van der Waals surface area contributed by atoms with Crippen LogP contribution >= 0.6 is 0 Å². The first-order chi connectivity index (χ1) is 8.17. The first kappa shape index (κ1) is 13.5. The van der Waals surface area contributed by atoms with Gasteiger partial charge in [-0.15, -0.1) is 0 Å². The topological polar surface area (TPSA) is 52.6 Å². The molecule has 0 bridgehead atoms. The van der Waals surface area contributed by atoms with Gasteiger partial charge in [-0.25, -0.2) is 9.59 Å². The van der Waals surface area contributed by atoms with E-state index in [0.29, 0.717) is 0 Å². The summed E-state index contributed by atoms with van der Waals surface area (Å²) in [5.74, 6) is -0.754. The van der Waals surface area contributed by atoms with Gasteiger partial charge in [-0.1, -0.05) is 6.42 Å². The summed E-state index contributed by atoms with van der Waals surface area (Å²) < 4.78 is 9.23. The summed E-state index contributed by atoms with van der Waals surface area (Å²) in [6, 6.07) is 0. The molecule has 0 amide bonds. The molecule has 0 aromatic carbocycles. The van der Waals surface area contributed by atoms with Gasteiger partial charge in [0.25, 0.3) is 0 Å². The summed E-state index contributed by atoms with van der Waals surface area (Å²) in [6.07, 6.45) is 7.72. The van der Waals surface area contributed by atoms with E-state index in [-0.39, 0.29) is 11.9 Å². The fourth-order valence-corrected chi connectivity index (χ4v) is 1.86. The Hall–Kier alpha value is -1.58. The predicted molar refractivity (Wildman–Crippen MR) is 63.3 cm³/mol. The lowest BCUT2D eigenvalue weighted by atomic mass is 10.0. The lowest BCUT2D eigenvalue weighted by Gasteiger charge is -2.07. The summed E-state index contributed by atoms with van der Waals surface area (Å²) in [6.45, 7) is 0. The molecule has 0 unspecified atom stereocenters. The summed E-state index contributed by atoms with van der Waals surface area (Å²) in [5, 5.41) is 0. The molecule has 1 aliphatic carbocycles. The molecule has 17 heavy (non-hydrogen) atoms. The van der Waals surface area contributed by atoms with Crippen molar-refractivity contribution < 1.29 is 19.1 Å². The number of hydrogen-bond acceptors (Lipinski definition) is 4. The van der Waals surface area contributed by atoms with Gasteiger partial charge in [0, 0.05) is 12.2 Å². The van der Waals surface area contributed by atoms with Crippen molar-refractivity contribution >= 4 is 11.9 Å². The van der Waals surface area contributed by atoms with Crippen LogP contribution in [-0.4, -0.2) is 26.2 Å². The van der Waals surface area contributed by atoms with Gasteiger partial charge in [-0.2, -0.15) is 0 Å². The fraction of sp³-hybridized carbons (Fsp3) is 0.538. The van der Waals surface area contributed by atoms with E-state index in [1.807, 2.05) is 0 Å². The Labute approximate surface area is 101 Å². The number of esters is 2. The standard InChI is InChI=1S/C13H18O4/c1-16-12(14)8-10-6-4-3-5-7-11(10)9-13(15)17-2/h8-9H,3-7H2,1-2H3/b10-8-,11-9?. The van der Waals surface area contributed by atoms with Gasteiger partial charge in [-0.05, 0) is 36.8 Å². The maximum atomic E-state index is 11.3. The zero-order valence-corrected chi connectivity index (χ0v) is 10.3. The van der Waals surface area contributed by atoms with Crippen molar-refractivity contribution in [2.75, 3.05) is 14.2 Å². The monoisotopic (exact) mass is 238 g/mol. The third kappa shape index (κ3) is 4.43. The number of ether oxygens (including phenoxy) is 2. The lowest BCUT2D eigenvalue weighted by molar-refractivity contribution is -0.135. The normalized spacial score (nSPS) is 21.1. The lowest BCUT2D eigenvalue weighted by Crippen LogP contribution is -2.02. The minimum atomic E-state index is -0.377. The highest BCUT2D eigenvalue weighted by atomic mass is 16.5. The second-order valence-electron chi connectivity index (χ2n) is 3.95. The number of rotatable bonds is 2. The Morgan fingerprint density at radius 2 is 1.29 bits per heavy atom. The average Bonchev–Trinajstić information content (AvgIpc) is 2.55. The molecular formula is C13H18O4. The molecule has 0 spiro atoms. The van der Waals surface area contributed by atoms with E-state index in [1.165, 1.54) is 26.4 Å². The van der Waals surface area contributed by atoms with Gasteiger partial charge in [0.2, 0.25) is 0 Å². The van der Waals surface area contributed by atoms with Crippen LogP contribution in [-0.2, 0) is 19.1 Å². The molecule has 4 nitrogen and oxygen atoms in total. The van der Waals surface area contributed by atoms with Crippen molar-refractivity contribution in [2.24, 2.45) is 0 Å². The summed E-state index contributed by atoms with van der Waals surface area (Å²) >= 11 is 0. The second-order valence-corrected chi connectivity index (χ2v) is 3.95. The Morgan fingerprint density at radius 3 is 1.65 bits per heavy atom. The van der Waals surface area contributed by atoms with Crippen LogP contribution in [0.3, 0.4) is 0 Å². The maximum Gasteiger partial charge on any atom is 0.330 e. The molecule has 0 saturated heterocycles. The first-order valence-corrected chi connectivity index (χ1v) is 5.74. The van der Waals surface area contributed by atoms with Crippen molar-refractivity contribution in [3.05, 3.63) is 23.3 Å². The molecule has 4 heteroatoms. The summed E-state index contributed by atoms with van der Waals surface area (Å²) in [5.41, 5.74) is 1.78. The van der Waals surface area contributed by atoms with Gasteiger partial charge >= 0.3 is 11.9 Å². The zero-order chi connectivity index (χ0) is 12.7. The number of carbonyl (C=O) groups excluding carboxylic acids is 2. The van der Waals surface area contributed by atoms with Crippen molar-refractivity contribution in [3.8, 4) is 0 Å². The molecule has 94 valence electrons. The van der Waals surface area contributed by atoms with Crippen molar-refractivity contribution in [3.63, 3.8) is 0 Å². The first-order valence-electron chi connectivity index (χ1n) is 5.74. The van der Waals surface area contributed by atoms with Crippen molar-refractivity contribution in [2.45, 2.75) is 32.1 Å². The minimum absolute atomic E-state index is 0.377. The highest BCUT2D eigenvalue weighted by molar-refractivity contribution is 5.86. The van der Waals surface area contributed by atoms with Crippen LogP contribution < -0.4 is 0 Å². The smallest absolute Gasteiger partial charge is 0.330 e. The van der Waals surface area contributed by atoms with Crippen LogP contribution in [0.25, 0.3) is 0 Å². The van der Waals surface area contributed by atoms with E-state index < -0.39 is 0 Å². The Kier molecular flexibility index (Phi) is 5.46. The van der Waals surface area contributed by atoms with E-state index >= 15 is 0 Å². The Balaban J connectivity index is 2.94. The largest absolute Gasteiger partial charge is 0.466 e. The van der Waals surface area contributed by atoms with Crippen molar-refractivity contribution in [1.29, 1.82) is 0 Å². The number of hydrogen-bond donors (Lipinski definition) is 0. The second kappa shape index (κ2) is 6.89. The molecule has 0 radical (unpaired) electrons. The van der Waals surface area contributed by atoms with E-state index in [2.05, 4.69) is 9.47 Å². The molecule has 1 fully saturated rings. The van der Waals surface area contributed by atoms with Crippen LogP contribution in [0.5, 0.6) is 0 Å². The maximum absolute atomic E-state index is 11.3. The predicted octanol–water partition coefficient (Wildman–Crippen LogP) is 2.15. The van der Waals surface area contributed by atoms with E-state index in [9.17, 15) is 9.59 Å². The third-order valence-corrected chi connectivity index (χ3v) is 2.79. The van der Waals surface area contributed by atoms with Crippen molar-refractivity contribution in [1.82, 2.24) is 0 Å². The molecule has 0 aliphatic heterocycles. The molecular weight excluding hydrogens is 220 g/mol. The van der Waals surface area contributed by atoms with E-state index in [0.717, 1.165) is 43.3 Å². The van der Waals surface area contributed by atoms with Gasteiger partial charge in [0.1, 0.15) is 0 Å². The Bertz CT molecular complexity index is 318. The van der Waals surface area contributed by atoms with Gasteiger partial charge in [-0.3, -0.25) is 0 Å². The molecule has 1 rings (SSSR count). The molecule has 1 saturated carbocycles. The minimum Gasteiger partial charge on any atom is -0.466 e. The van der Waals surface area contributed by atoms with Crippen LogP contribution in [0.2, 0.25) is 0 Å². The summed E-state index contributed by atoms with van der Waals surface area (Å²) in [7, 11) is 2.69. The molecule has 0 N–H and O–H groups in total. The SMILES string of the molecule is COC(=O)C=C1CCCCC/C1=C/C(=O)OC. The fourth-order valence-electron chi connectivity index (χ4n) is 1.86. The third-order valence-electron chi connectivity index (χ3n) is 2.79. The van der Waals surface area contributed by atoms with Gasteiger partial charge in [0.05, 0.1) is 14.2 Å². The Morgan fingerprint density at radius 1 is 0.882 bits per heavy atom. The van der Waals surface area contributed by atoms with Crippen LogP contribution in [0.15, 0.2) is 23.3 Å². The van der Waals surface area contributed by atoms with Crippen LogP contribution in [0.4, 0.5) is 0 Å². The number of carbonyl (C=O) groups is 2. The molecule has 0 atom stereocenters.